The van der Waals surface area contributed by atoms with Crippen molar-refractivity contribution in [2.75, 3.05) is 11.9 Å². The molecule has 1 fully saturated rings. The first-order valence-corrected chi connectivity index (χ1v) is 7.27. The molecule has 0 saturated heterocycles. The van der Waals surface area contributed by atoms with Crippen LogP contribution < -0.4 is 10.6 Å². The number of amides is 1. The molecule has 1 atom stereocenters. The monoisotopic (exact) mass is 260 g/mol. The van der Waals surface area contributed by atoms with Gasteiger partial charge in [0.1, 0.15) is 0 Å². The van der Waals surface area contributed by atoms with Crippen molar-refractivity contribution in [2.45, 2.75) is 46.1 Å². The highest BCUT2D eigenvalue weighted by atomic mass is 16.1. The van der Waals surface area contributed by atoms with Crippen molar-refractivity contribution in [3.05, 3.63) is 29.3 Å². The number of rotatable bonds is 6. The van der Waals surface area contributed by atoms with Crippen molar-refractivity contribution in [2.24, 2.45) is 5.92 Å². The van der Waals surface area contributed by atoms with E-state index in [2.05, 4.69) is 24.5 Å². The molecule has 0 aliphatic heterocycles. The van der Waals surface area contributed by atoms with E-state index in [1.54, 1.807) is 0 Å². The summed E-state index contributed by atoms with van der Waals surface area (Å²) in [6.07, 6.45) is 3.60. The molecule has 3 nitrogen and oxygen atoms in total. The fourth-order valence-electron chi connectivity index (χ4n) is 2.30. The maximum atomic E-state index is 12.2. The zero-order valence-electron chi connectivity index (χ0n) is 12.1. The molecule has 0 heterocycles. The van der Waals surface area contributed by atoms with Gasteiger partial charge in [0.25, 0.3) is 5.91 Å². The second-order valence-electron chi connectivity index (χ2n) is 5.56. The zero-order valence-corrected chi connectivity index (χ0v) is 12.1. The normalized spacial score (nSPS) is 15.9. The minimum absolute atomic E-state index is 0.0546. The molecule has 1 aromatic rings. The topological polar surface area (TPSA) is 41.1 Å². The largest absolute Gasteiger partial charge is 0.385 e. The summed E-state index contributed by atoms with van der Waals surface area (Å²) >= 11 is 0. The van der Waals surface area contributed by atoms with E-state index in [0.29, 0.717) is 12.0 Å². The first-order chi connectivity index (χ1) is 9.11. The lowest BCUT2D eigenvalue weighted by atomic mass is 10.1. The Morgan fingerprint density at radius 1 is 1.42 bits per heavy atom. The Morgan fingerprint density at radius 3 is 2.74 bits per heavy atom. The van der Waals surface area contributed by atoms with E-state index in [0.717, 1.165) is 29.8 Å². The van der Waals surface area contributed by atoms with Gasteiger partial charge in [-0.25, -0.2) is 0 Å². The number of nitrogens with one attached hydrogen (secondary N) is 2. The molecule has 1 unspecified atom stereocenters. The second-order valence-corrected chi connectivity index (χ2v) is 5.56. The Bertz CT molecular complexity index is 452. The van der Waals surface area contributed by atoms with Crippen LogP contribution in [0.4, 0.5) is 5.69 Å². The third-order valence-electron chi connectivity index (χ3n) is 3.74. The Kier molecular flexibility index (Phi) is 4.46. The molecule has 0 bridgehead atoms. The lowest BCUT2D eigenvalue weighted by molar-refractivity contribution is 0.0935. The molecule has 104 valence electrons. The van der Waals surface area contributed by atoms with Gasteiger partial charge in [-0.05, 0) is 62.8 Å². The first kappa shape index (κ1) is 13.9. The van der Waals surface area contributed by atoms with Crippen molar-refractivity contribution < 1.29 is 4.79 Å². The van der Waals surface area contributed by atoms with E-state index in [1.807, 2.05) is 25.1 Å². The molecule has 0 spiro atoms. The molecule has 2 N–H and O–H groups in total. The van der Waals surface area contributed by atoms with E-state index in [1.165, 1.54) is 12.8 Å². The van der Waals surface area contributed by atoms with Gasteiger partial charge in [-0.15, -0.1) is 0 Å². The van der Waals surface area contributed by atoms with Gasteiger partial charge in [-0.1, -0.05) is 6.92 Å². The van der Waals surface area contributed by atoms with Gasteiger partial charge >= 0.3 is 0 Å². The fraction of sp³-hybridized carbons (Fsp3) is 0.562. The van der Waals surface area contributed by atoms with Crippen molar-refractivity contribution >= 4 is 11.6 Å². The number of aryl methyl sites for hydroxylation is 1. The van der Waals surface area contributed by atoms with Crippen LogP contribution in [0, 0.1) is 12.8 Å². The lowest BCUT2D eigenvalue weighted by Gasteiger charge is -2.15. The summed E-state index contributed by atoms with van der Waals surface area (Å²) in [4.78, 5) is 12.2. The minimum Gasteiger partial charge on any atom is -0.385 e. The van der Waals surface area contributed by atoms with Gasteiger partial charge in [0.05, 0.1) is 0 Å². The predicted octanol–water partition coefficient (Wildman–Crippen LogP) is 3.35. The Labute approximate surface area is 115 Å². The molecule has 0 radical (unpaired) electrons. The highest BCUT2D eigenvalue weighted by Gasteiger charge is 2.29. The number of anilines is 1. The van der Waals surface area contributed by atoms with Crippen LogP contribution in [-0.4, -0.2) is 18.5 Å². The molecule has 3 heteroatoms. The van der Waals surface area contributed by atoms with Crippen LogP contribution in [0.2, 0.25) is 0 Å². The quantitative estimate of drug-likeness (QED) is 0.823. The van der Waals surface area contributed by atoms with Gasteiger partial charge in [-0.2, -0.15) is 0 Å². The lowest BCUT2D eigenvalue weighted by Crippen LogP contribution is -2.34. The number of hydrogen-bond donors (Lipinski definition) is 2. The van der Waals surface area contributed by atoms with Crippen LogP contribution in [0.3, 0.4) is 0 Å². The van der Waals surface area contributed by atoms with E-state index in [9.17, 15) is 4.79 Å². The van der Waals surface area contributed by atoms with Crippen molar-refractivity contribution in [1.82, 2.24) is 5.32 Å². The first-order valence-electron chi connectivity index (χ1n) is 7.27. The maximum absolute atomic E-state index is 12.2. The highest BCUT2D eigenvalue weighted by molar-refractivity contribution is 5.96. The second kappa shape index (κ2) is 6.09. The SMILES string of the molecule is CCCNc1ccc(C(=O)NC(C)C2CC2)c(C)c1. The van der Waals surface area contributed by atoms with Gasteiger partial charge in [0.15, 0.2) is 0 Å². The maximum Gasteiger partial charge on any atom is 0.251 e. The molecule has 1 aliphatic rings. The van der Waals surface area contributed by atoms with Crippen LogP contribution in [0.15, 0.2) is 18.2 Å². The summed E-state index contributed by atoms with van der Waals surface area (Å²) in [7, 11) is 0. The third kappa shape index (κ3) is 3.72. The van der Waals surface area contributed by atoms with Gasteiger partial charge in [-0.3, -0.25) is 4.79 Å². The van der Waals surface area contributed by atoms with Crippen LogP contribution >= 0.6 is 0 Å². The molecular formula is C16H24N2O. The highest BCUT2D eigenvalue weighted by Crippen LogP contribution is 2.32. The fourth-order valence-corrected chi connectivity index (χ4v) is 2.30. The van der Waals surface area contributed by atoms with Gasteiger partial charge < -0.3 is 10.6 Å². The van der Waals surface area contributed by atoms with Crippen LogP contribution in [0.1, 0.15) is 49.0 Å². The molecular weight excluding hydrogens is 236 g/mol. The number of benzene rings is 1. The van der Waals surface area contributed by atoms with E-state index in [4.69, 9.17) is 0 Å². The average molecular weight is 260 g/mol. The van der Waals surface area contributed by atoms with Crippen molar-refractivity contribution in [3.8, 4) is 0 Å². The number of hydrogen-bond acceptors (Lipinski definition) is 2. The van der Waals surface area contributed by atoms with E-state index >= 15 is 0 Å². The van der Waals surface area contributed by atoms with Crippen LogP contribution in [0.5, 0.6) is 0 Å². The minimum atomic E-state index is 0.0546. The molecule has 19 heavy (non-hydrogen) atoms. The summed E-state index contributed by atoms with van der Waals surface area (Å²) in [6, 6.07) is 6.25. The van der Waals surface area contributed by atoms with Crippen molar-refractivity contribution in [1.29, 1.82) is 0 Å². The summed E-state index contributed by atoms with van der Waals surface area (Å²) in [5, 5.41) is 6.44. The molecule has 1 amide bonds. The molecule has 1 saturated carbocycles. The van der Waals surface area contributed by atoms with Crippen molar-refractivity contribution in [3.63, 3.8) is 0 Å². The third-order valence-corrected chi connectivity index (χ3v) is 3.74. The standard InChI is InChI=1S/C16H24N2O/c1-4-9-17-14-7-8-15(11(2)10-14)16(19)18-12(3)13-5-6-13/h7-8,10,12-13,17H,4-6,9H2,1-3H3,(H,18,19). The number of carbonyl (C=O) groups is 1. The summed E-state index contributed by atoms with van der Waals surface area (Å²) < 4.78 is 0. The molecule has 2 rings (SSSR count). The van der Waals surface area contributed by atoms with Crippen LogP contribution in [-0.2, 0) is 0 Å². The molecule has 1 aliphatic carbocycles. The van der Waals surface area contributed by atoms with E-state index < -0.39 is 0 Å². The Balaban J connectivity index is 2.00. The smallest absolute Gasteiger partial charge is 0.251 e. The van der Waals surface area contributed by atoms with E-state index in [-0.39, 0.29) is 5.91 Å². The molecule has 0 aromatic heterocycles. The zero-order chi connectivity index (χ0) is 13.8. The Morgan fingerprint density at radius 2 is 2.16 bits per heavy atom. The molecule has 1 aromatic carbocycles. The summed E-state index contributed by atoms with van der Waals surface area (Å²) in [5.74, 6) is 0.744. The van der Waals surface area contributed by atoms with Gasteiger partial charge in [0.2, 0.25) is 0 Å². The predicted molar refractivity (Wildman–Crippen MR) is 79.6 cm³/mol. The van der Waals surface area contributed by atoms with Crippen LogP contribution in [0.25, 0.3) is 0 Å². The average Bonchev–Trinajstić information content (AvgIpc) is 3.20. The number of carbonyl (C=O) groups excluding carboxylic acids is 1. The Hall–Kier alpha value is -1.51. The van der Waals surface area contributed by atoms with Gasteiger partial charge in [0, 0.05) is 23.8 Å². The summed E-state index contributed by atoms with van der Waals surface area (Å²) in [6.45, 7) is 7.19. The summed E-state index contributed by atoms with van der Waals surface area (Å²) in [5.41, 5.74) is 2.90.